The van der Waals surface area contributed by atoms with Crippen LogP contribution in [-0.2, 0) is 0 Å². The lowest BCUT2D eigenvalue weighted by Gasteiger charge is -2.33. The summed E-state index contributed by atoms with van der Waals surface area (Å²) in [4.78, 5) is 11.0. The number of piperazine rings is 1. The van der Waals surface area contributed by atoms with E-state index >= 15 is 0 Å². The van der Waals surface area contributed by atoms with Crippen molar-refractivity contribution in [1.29, 1.82) is 0 Å². The Morgan fingerprint density at radius 1 is 1.17 bits per heavy atom. The molecule has 24 heavy (non-hydrogen) atoms. The number of hydrogen-bond acceptors (Lipinski definition) is 6. The molecule has 3 N–H and O–H groups in total. The number of aliphatic hydroxyl groups is 1. The number of aliphatic hydroxyl groups excluding tert-OH is 1. The average molecular weight is 325 g/mol. The van der Waals surface area contributed by atoms with Crippen LogP contribution in [0.4, 0.5) is 11.6 Å². The first-order valence-electron chi connectivity index (χ1n) is 8.58. The van der Waals surface area contributed by atoms with E-state index in [1.807, 2.05) is 36.4 Å². The highest BCUT2D eigenvalue weighted by Crippen LogP contribution is 2.24. The maximum atomic E-state index is 10.3. The molecule has 3 heterocycles. The minimum atomic E-state index is -0.556. The van der Waals surface area contributed by atoms with Crippen molar-refractivity contribution in [3.8, 4) is 0 Å². The maximum Gasteiger partial charge on any atom is 0.134 e. The van der Waals surface area contributed by atoms with Crippen molar-refractivity contribution < 1.29 is 5.11 Å². The van der Waals surface area contributed by atoms with Gasteiger partial charge in [-0.05, 0) is 18.4 Å². The fourth-order valence-electron chi connectivity index (χ4n) is 3.59. The van der Waals surface area contributed by atoms with Crippen LogP contribution in [0.3, 0.4) is 0 Å². The molecule has 2 aromatic rings. The fraction of sp³-hybridized carbons (Fsp3) is 0.444. The van der Waals surface area contributed by atoms with Gasteiger partial charge in [0.05, 0.1) is 6.10 Å². The molecule has 0 amide bonds. The van der Waals surface area contributed by atoms with E-state index in [1.54, 1.807) is 6.33 Å². The SMILES string of the molecule is OC(CNc1cc(N2CC3CCC(C2)N3)ncn1)c1ccccc1. The Balaban J connectivity index is 1.40. The number of benzene rings is 1. The van der Waals surface area contributed by atoms with Gasteiger partial charge in [0.2, 0.25) is 0 Å². The van der Waals surface area contributed by atoms with E-state index in [-0.39, 0.29) is 0 Å². The molecule has 2 fully saturated rings. The van der Waals surface area contributed by atoms with E-state index in [2.05, 4.69) is 25.5 Å². The largest absolute Gasteiger partial charge is 0.387 e. The summed E-state index contributed by atoms with van der Waals surface area (Å²) in [7, 11) is 0. The van der Waals surface area contributed by atoms with Crippen LogP contribution >= 0.6 is 0 Å². The number of anilines is 2. The zero-order valence-corrected chi connectivity index (χ0v) is 13.6. The van der Waals surface area contributed by atoms with Crippen LogP contribution in [0, 0.1) is 0 Å². The lowest BCUT2D eigenvalue weighted by atomic mass is 10.1. The minimum absolute atomic E-state index is 0.424. The number of hydrogen-bond donors (Lipinski definition) is 3. The third-order valence-corrected chi connectivity index (χ3v) is 4.85. The molecule has 2 aliphatic heterocycles. The van der Waals surface area contributed by atoms with Crippen LogP contribution in [-0.4, -0.2) is 46.8 Å². The summed E-state index contributed by atoms with van der Waals surface area (Å²) < 4.78 is 0. The standard InChI is InChI=1S/C18H23N5O/c24-16(13-4-2-1-3-5-13)9-19-17-8-18(21-12-20-17)23-10-14-6-7-15(11-23)22-14/h1-5,8,12,14-16,22,24H,6-7,9-11H2,(H,19,20,21). The summed E-state index contributed by atoms with van der Waals surface area (Å²) in [5, 5.41) is 17.1. The van der Waals surface area contributed by atoms with Gasteiger partial charge in [-0.15, -0.1) is 0 Å². The Kier molecular flexibility index (Phi) is 4.32. The summed E-state index contributed by atoms with van der Waals surface area (Å²) in [5.74, 6) is 1.71. The Bertz CT molecular complexity index is 668. The van der Waals surface area contributed by atoms with Crippen molar-refractivity contribution in [3.63, 3.8) is 0 Å². The molecule has 1 aromatic carbocycles. The van der Waals surface area contributed by atoms with Crippen LogP contribution in [0.2, 0.25) is 0 Å². The van der Waals surface area contributed by atoms with E-state index in [0.717, 1.165) is 30.3 Å². The summed E-state index contributed by atoms with van der Waals surface area (Å²) in [5.41, 5.74) is 0.901. The number of aromatic nitrogens is 2. The van der Waals surface area contributed by atoms with Crippen LogP contribution < -0.4 is 15.5 Å². The van der Waals surface area contributed by atoms with Gasteiger partial charge in [0, 0.05) is 37.8 Å². The summed E-state index contributed by atoms with van der Waals surface area (Å²) in [6.45, 7) is 2.42. The van der Waals surface area contributed by atoms with Crippen molar-refractivity contribution in [2.75, 3.05) is 29.9 Å². The molecule has 0 saturated carbocycles. The number of rotatable bonds is 5. The zero-order chi connectivity index (χ0) is 16.4. The minimum Gasteiger partial charge on any atom is -0.387 e. The molecule has 6 nitrogen and oxygen atoms in total. The molecular weight excluding hydrogens is 302 g/mol. The van der Waals surface area contributed by atoms with Gasteiger partial charge in [0.1, 0.15) is 18.0 Å². The molecule has 0 spiro atoms. The maximum absolute atomic E-state index is 10.3. The molecule has 2 bridgehead atoms. The Morgan fingerprint density at radius 2 is 1.92 bits per heavy atom. The molecule has 0 radical (unpaired) electrons. The first-order chi connectivity index (χ1) is 11.8. The monoisotopic (exact) mass is 325 g/mol. The fourth-order valence-corrected chi connectivity index (χ4v) is 3.59. The van der Waals surface area contributed by atoms with Gasteiger partial charge in [-0.2, -0.15) is 0 Å². The summed E-state index contributed by atoms with van der Waals surface area (Å²) in [6.07, 6.45) is 3.54. The van der Waals surface area contributed by atoms with Crippen molar-refractivity contribution in [3.05, 3.63) is 48.3 Å². The predicted octanol–water partition coefficient (Wildman–Crippen LogP) is 1.56. The highest BCUT2D eigenvalue weighted by molar-refractivity contribution is 5.49. The highest BCUT2D eigenvalue weighted by atomic mass is 16.3. The molecule has 3 unspecified atom stereocenters. The predicted molar refractivity (Wildman–Crippen MR) is 94.1 cm³/mol. The normalized spacial score (nSPS) is 24.0. The first-order valence-corrected chi connectivity index (χ1v) is 8.58. The molecule has 6 heteroatoms. The van der Waals surface area contributed by atoms with Crippen molar-refractivity contribution in [2.45, 2.75) is 31.0 Å². The molecule has 1 aromatic heterocycles. The van der Waals surface area contributed by atoms with Gasteiger partial charge in [0.15, 0.2) is 0 Å². The summed E-state index contributed by atoms with van der Waals surface area (Å²) >= 11 is 0. The second kappa shape index (κ2) is 6.75. The van der Waals surface area contributed by atoms with Gasteiger partial charge < -0.3 is 20.6 Å². The highest BCUT2D eigenvalue weighted by Gasteiger charge is 2.32. The van der Waals surface area contributed by atoms with Crippen LogP contribution in [0.5, 0.6) is 0 Å². The van der Waals surface area contributed by atoms with Crippen LogP contribution in [0.25, 0.3) is 0 Å². The number of fused-ring (bicyclic) bond motifs is 2. The van der Waals surface area contributed by atoms with Crippen molar-refractivity contribution in [1.82, 2.24) is 15.3 Å². The van der Waals surface area contributed by atoms with Crippen molar-refractivity contribution in [2.24, 2.45) is 0 Å². The topological polar surface area (TPSA) is 73.3 Å². The van der Waals surface area contributed by atoms with Crippen molar-refractivity contribution >= 4 is 11.6 Å². The van der Waals surface area contributed by atoms with E-state index < -0.39 is 6.10 Å². The molecule has 4 rings (SSSR count). The molecule has 0 aliphatic carbocycles. The van der Waals surface area contributed by atoms with E-state index in [9.17, 15) is 5.11 Å². The van der Waals surface area contributed by atoms with Crippen LogP contribution in [0.1, 0.15) is 24.5 Å². The average Bonchev–Trinajstić information content (AvgIpc) is 2.98. The van der Waals surface area contributed by atoms with Gasteiger partial charge in [-0.3, -0.25) is 0 Å². The Morgan fingerprint density at radius 3 is 2.67 bits per heavy atom. The molecule has 126 valence electrons. The van der Waals surface area contributed by atoms with Crippen LogP contribution in [0.15, 0.2) is 42.7 Å². The van der Waals surface area contributed by atoms with Gasteiger partial charge >= 0.3 is 0 Å². The smallest absolute Gasteiger partial charge is 0.134 e. The van der Waals surface area contributed by atoms with Gasteiger partial charge in [-0.25, -0.2) is 9.97 Å². The van der Waals surface area contributed by atoms with E-state index in [1.165, 1.54) is 12.8 Å². The zero-order valence-electron chi connectivity index (χ0n) is 13.6. The number of nitrogens with one attached hydrogen (secondary N) is 2. The van der Waals surface area contributed by atoms with E-state index in [4.69, 9.17) is 0 Å². The second-order valence-corrected chi connectivity index (χ2v) is 6.61. The molecule has 2 aliphatic rings. The molecule has 3 atom stereocenters. The Hall–Kier alpha value is -2.18. The lowest BCUT2D eigenvalue weighted by Crippen LogP contribution is -2.51. The van der Waals surface area contributed by atoms with Gasteiger partial charge in [0.25, 0.3) is 0 Å². The number of nitrogens with zero attached hydrogens (tertiary/aromatic N) is 3. The molecule has 2 saturated heterocycles. The quantitative estimate of drug-likeness (QED) is 0.775. The first kappa shape index (κ1) is 15.4. The Labute approximate surface area is 141 Å². The third-order valence-electron chi connectivity index (χ3n) is 4.85. The summed E-state index contributed by atoms with van der Waals surface area (Å²) in [6, 6.07) is 12.8. The van der Waals surface area contributed by atoms with Gasteiger partial charge in [-0.1, -0.05) is 30.3 Å². The lowest BCUT2D eigenvalue weighted by molar-refractivity contribution is 0.191. The molecular formula is C18H23N5O. The van der Waals surface area contributed by atoms with E-state index in [0.29, 0.717) is 18.6 Å². The second-order valence-electron chi connectivity index (χ2n) is 6.61. The third kappa shape index (κ3) is 3.34.